The molecule has 15 heavy (non-hydrogen) atoms. The van der Waals surface area contributed by atoms with Crippen molar-refractivity contribution in [1.82, 2.24) is 0 Å². The zero-order chi connectivity index (χ0) is 11.3. The van der Waals surface area contributed by atoms with Crippen molar-refractivity contribution in [3.63, 3.8) is 0 Å². The van der Waals surface area contributed by atoms with E-state index in [1.54, 1.807) is 0 Å². The van der Waals surface area contributed by atoms with Gasteiger partial charge in [0.2, 0.25) is 0 Å². The van der Waals surface area contributed by atoms with Crippen molar-refractivity contribution in [3.05, 3.63) is 23.8 Å². The lowest BCUT2D eigenvalue weighted by atomic mass is 10.2. The molecule has 0 atom stereocenters. The molecule has 1 aliphatic rings. The van der Waals surface area contributed by atoms with E-state index in [1.807, 2.05) is 0 Å². The van der Waals surface area contributed by atoms with Crippen LogP contribution in [0.25, 0.3) is 0 Å². The molecule has 7 heteroatoms. The molecular weight excluding hydrogens is 243 g/mol. The zero-order valence-corrected chi connectivity index (χ0v) is 9.11. The molecule has 0 radical (unpaired) electrons. The van der Waals surface area contributed by atoms with Crippen LogP contribution in [0.2, 0.25) is 0 Å². The number of fused-ring (bicyclic) bond motifs is 1. The van der Waals surface area contributed by atoms with Crippen LogP contribution in [0.3, 0.4) is 0 Å². The van der Waals surface area contributed by atoms with Crippen molar-refractivity contribution in [2.75, 3.05) is 5.75 Å². The second-order valence-corrected chi connectivity index (χ2v) is 6.70. The van der Waals surface area contributed by atoms with Crippen LogP contribution >= 0.6 is 0 Å². The summed E-state index contributed by atoms with van der Waals surface area (Å²) in [5.41, 5.74) is 0.544. The van der Waals surface area contributed by atoms with Gasteiger partial charge in [0.25, 0.3) is 0 Å². The van der Waals surface area contributed by atoms with Gasteiger partial charge >= 0.3 is 10.2 Å². The number of aryl methyl sites for hydroxylation is 1. The predicted molar refractivity (Wildman–Crippen MR) is 50.5 cm³/mol. The monoisotopic (exact) mass is 250 g/mol. The molecule has 0 unspecified atom stereocenters. The normalized spacial score (nSPS) is 18.7. The maximum absolute atomic E-state index is 12.6. The molecule has 0 saturated carbocycles. The highest BCUT2D eigenvalue weighted by Crippen LogP contribution is 2.28. The highest BCUT2D eigenvalue weighted by atomic mass is 32.3. The van der Waals surface area contributed by atoms with E-state index in [1.165, 1.54) is 6.07 Å². The van der Waals surface area contributed by atoms with Gasteiger partial charge in [0.1, 0.15) is 0 Å². The molecule has 0 spiro atoms. The van der Waals surface area contributed by atoms with Gasteiger partial charge in [0.15, 0.2) is 9.84 Å². The molecule has 1 aliphatic heterocycles. The van der Waals surface area contributed by atoms with Crippen LogP contribution in [0.15, 0.2) is 28.0 Å². The van der Waals surface area contributed by atoms with Crippen LogP contribution in [-0.4, -0.2) is 22.6 Å². The van der Waals surface area contributed by atoms with Gasteiger partial charge in [-0.1, -0.05) is 6.07 Å². The minimum atomic E-state index is -4.84. The summed E-state index contributed by atoms with van der Waals surface area (Å²) in [6.07, 6.45) is 0.351. The van der Waals surface area contributed by atoms with E-state index in [9.17, 15) is 20.7 Å². The molecule has 0 amide bonds. The number of halogens is 1. The van der Waals surface area contributed by atoms with Gasteiger partial charge in [-0.15, -0.1) is 3.89 Å². The lowest BCUT2D eigenvalue weighted by Crippen LogP contribution is -2.00. The molecule has 1 aromatic carbocycles. The molecule has 1 heterocycles. The van der Waals surface area contributed by atoms with E-state index in [-0.39, 0.29) is 10.6 Å². The van der Waals surface area contributed by atoms with Crippen LogP contribution in [0, 0.1) is 0 Å². The van der Waals surface area contributed by atoms with E-state index < -0.39 is 25.0 Å². The third-order valence-corrected chi connectivity index (χ3v) is 4.90. The van der Waals surface area contributed by atoms with Crippen LogP contribution in [-0.2, 0) is 26.5 Å². The highest BCUT2D eigenvalue weighted by Gasteiger charge is 2.28. The first kappa shape index (κ1) is 10.6. The van der Waals surface area contributed by atoms with Gasteiger partial charge in [0.05, 0.1) is 15.5 Å². The van der Waals surface area contributed by atoms with Gasteiger partial charge in [0, 0.05) is 0 Å². The smallest absolute Gasteiger partial charge is 0.224 e. The summed E-state index contributed by atoms with van der Waals surface area (Å²) in [4.78, 5) is -0.673. The molecule has 4 nitrogen and oxygen atoms in total. The van der Waals surface area contributed by atoms with E-state index in [2.05, 4.69) is 0 Å². The average molecular weight is 250 g/mol. The molecule has 2 rings (SSSR count). The Hall–Kier alpha value is -0.950. The Morgan fingerprint density at radius 3 is 2.53 bits per heavy atom. The Bertz CT molecular complexity index is 616. The van der Waals surface area contributed by atoms with E-state index in [0.29, 0.717) is 12.0 Å². The first-order chi connectivity index (χ1) is 6.81. The van der Waals surface area contributed by atoms with Crippen molar-refractivity contribution in [1.29, 1.82) is 0 Å². The fraction of sp³-hybridized carbons (Fsp3) is 0.250. The van der Waals surface area contributed by atoms with Crippen molar-refractivity contribution in [2.24, 2.45) is 0 Å². The van der Waals surface area contributed by atoms with E-state index >= 15 is 0 Å². The van der Waals surface area contributed by atoms with E-state index in [4.69, 9.17) is 0 Å². The van der Waals surface area contributed by atoms with Crippen molar-refractivity contribution >= 4 is 20.1 Å². The summed E-state index contributed by atoms with van der Waals surface area (Å²) < 4.78 is 56.6. The fourth-order valence-corrected chi connectivity index (χ4v) is 3.69. The topological polar surface area (TPSA) is 68.3 Å². The van der Waals surface area contributed by atoms with Crippen LogP contribution in [0.4, 0.5) is 3.89 Å². The van der Waals surface area contributed by atoms with Crippen molar-refractivity contribution in [3.8, 4) is 0 Å². The van der Waals surface area contributed by atoms with Crippen LogP contribution < -0.4 is 0 Å². The molecule has 0 aliphatic carbocycles. The lowest BCUT2D eigenvalue weighted by molar-refractivity contribution is 0.552. The Morgan fingerprint density at radius 2 is 1.93 bits per heavy atom. The summed E-state index contributed by atoms with van der Waals surface area (Å²) in [5.74, 6) is -0.0435. The van der Waals surface area contributed by atoms with Gasteiger partial charge in [-0.25, -0.2) is 8.42 Å². The number of rotatable bonds is 1. The number of sulfone groups is 1. The quantitative estimate of drug-likeness (QED) is 0.687. The minimum Gasteiger partial charge on any atom is -0.224 e. The first-order valence-electron chi connectivity index (χ1n) is 4.11. The third-order valence-electron chi connectivity index (χ3n) is 2.30. The maximum atomic E-state index is 12.6. The molecular formula is C8H7FO4S2. The van der Waals surface area contributed by atoms with Crippen molar-refractivity contribution < 1.29 is 20.7 Å². The molecule has 0 saturated heterocycles. The Balaban J connectivity index is 2.72. The fourth-order valence-electron chi connectivity index (χ4n) is 1.54. The van der Waals surface area contributed by atoms with Gasteiger partial charge in [-0.3, -0.25) is 0 Å². The van der Waals surface area contributed by atoms with Crippen LogP contribution in [0.1, 0.15) is 5.56 Å². The second kappa shape index (κ2) is 3.02. The summed E-state index contributed by atoms with van der Waals surface area (Å²) in [7, 11) is -8.26. The number of hydrogen-bond acceptors (Lipinski definition) is 4. The molecule has 0 fully saturated rings. The zero-order valence-electron chi connectivity index (χ0n) is 7.47. The SMILES string of the molecule is O=S(=O)(F)c1ccc2c(c1)S(=O)(=O)CC2. The summed E-state index contributed by atoms with van der Waals surface area (Å²) >= 11 is 0. The average Bonchev–Trinajstić information content (AvgIpc) is 2.41. The summed E-state index contributed by atoms with van der Waals surface area (Å²) in [6.45, 7) is 0. The lowest BCUT2D eigenvalue weighted by Gasteiger charge is -1.99. The van der Waals surface area contributed by atoms with Gasteiger partial charge < -0.3 is 0 Å². The standard InChI is InChI=1S/C8H7FO4S2/c9-15(12,13)7-2-1-6-3-4-14(10,11)8(6)5-7/h1-2,5H,3-4H2. The highest BCUT2D eigenvalue weighted by molar-refractivity contribution is 7.91. The second-order valence-electron chi connectivity index (χ2n) is 3.28. The summed E-state index contributed by atoms with van der Waals surface area (Å²) in [5, 5.41) is 0. The first-order valence-corrected chi connectivity index (χ1v) is 7.15. The molecule has 1 aromatic rings. The van der Waals surface area contributed by atoms with E-state index in [0.717, 1.165) is 12.1 Å². The largest absolute Gasteiger partial charge is 0.332 e. The number of hydrogen-bond donors (Lipinski definition) is 0. The minimum absolute atomic E-state index is 0.0435. The Labute approximate surface area is 86.9 Å². The Morgan fingerprint density at radius 1 is 1.27 bits per heavy atom. The summed E-state index contributed by atoms with van der Waals surface area (Å²) in [6, 6.07) is 3.30. The Kier molecular flexibility index (Phi) is 2.13. The maximum Gasteiger partial charge on any atom is 0.332 e. The molecule has 0 bridgehead atoms. The van der Waals surface area contributed by atoms with Crippen LogP contribution in [0.5, 0.6) is 0 Å². The number of benzene rings is 1. The molecule has 82 valence electrons. The molecule has 0 N–H and O–H groups in total. The molecule has 0 aromatic heterocycles. The predicted octanol–water partition coefficient (Wildman–Crippen LogP) is 0.675. The van der Waals surface area contributed by atoms with Gasteiger partial charge in [-0.2, -0.15) is 8.42 Å². The van der Waals surface area contributed by atoms with Gasteiger partial charge in [-0.05, 0) is 24.1 Å². The van der Waals surface area contributed by atoms with Crippen molar-refractivity contribution in [2.45, 2.75) is 16.2 Å². The third kappa shape index (κ3) is 1.76.